The molecule has 0 saturated carbocycles. The molecule has 9 heteroatoms. The number of nitrogens with one attached hydrogen (secondary N) is 1. The largest absolute Gasteiger partial charge is 0.485 e. The minimum atomic E-state index is 0.0248. The number of likely N-dealkylation sites (tertiary alicyclic amines) is 2. The number of anilines is 3. The van der Waals surface area contributed by atoms with Crippen LogP contribution in [0.25, 0.3) is 0 Å². The van der Waals surface area contributed by atoms with Crippen molar-refractivity contribution in [3.8, 4) is 5.75 Å². The third-order valence-electron chi connectivity index (χ3n) is 7.66. The lowest BCUT2D eigenvalue weighted by molar-refractivity contribution is -0.132. The number of rotatable bonds is 4. The van der Waals surface area contributed by atoms with Gasteiger partial charge in [0.25, 0.3) is 0 Å². The van der Waals surface area contributed by atoms with Gasteiger partial charge in [-0.05, 0) is 38.1 Å². The average molecular weight is 477 g/mol. The number of hydrogen-bond donors (Lipinski definition) is 1. The Morgan fingerprint density at radius 3 is 2.86 bits per heavy atom. The number of aromatic nitrogens is 2. The Bertz CT molecular complexity index is 1140. The highest BCUT2D eigenvalue weighted by molar-refractivity contribution is 5.87. The van der Waals surface area contributed by atoms with Gasteiger partial charge in [-0.25, -0.2) is 4.98 Å². The fourth-order valence-corrected chi connectivity index (χ4v) is 5.63. The monoisotopic (exact) mass is 476 g/mol. The summed E-state index contributed by atoms with van der Waals surface area (Å²) in [4.78, 5) is 28.1. The summed E-state index contributed by atoms with van der Waals surface area (Å²) in [5.41, 5.74) is 5.15. The summed E-state index contributed by atoms with van der Waals surface area (Å²) >= 11 is 0. The number of nitrogens with zero attached hydrogens (tertiary/aromatic N) is 5. The van der Waals surface area contributed by atoms with Crippen molar-refractivity contribution in [3.63, 3.8) is 0 Å². The first-order valence-corrected chi connectivity index (χ1v) is 12.5. The van der Waals surface area contributed by atoms with Gasteiger partial charge in [-0.3, -0.25) is 14.7 Å². The van der Waals surface area contributed by atoms with E-state index in [0.717, 1.165) is 98.8 Å². The molecule has 4 aliphatic rings. The van der Waals surface area contributed by atoms with Crippen LogP contribution in [0.4, 0.5) is 17.2 Å². The number of morpholine rings is 1. The molecule has 3 saturated heterocycles. The second-order valence-corrected chi connectivity index (χ2v) is 9.76. The van der Waals surface area contributed by atoms with Gasteiger partial charge in [-0.15, -0.1) is 0 Å². The molecular weight excluding hydrogens is 444 g/mol. The maximum Gasteiger partial charge on any atom is 0.246 e. The molecule has 4 aliphatic heterocycles. The van der Waals surface area contributed by atoms with Crippen molar-refractivity contribution in [2.75, 3.05) is 62.7 Å². The lowest BCUT2D eigenvalue weighted by atomic mass is 10.0. The SMILES string of the molecule is C=CC(=O)N1CC(N2CCC(c3cc4c(c(C)n3)OCc3c(N5CCOCC5)ccnc3N4)C2)C1. The summed E-state index contributed by atoms with van der Waals surface area (Å²) in [7, 11) is 0. The summed E-state index contributed by atoms with van der Waals surface area (Å²) < 4.78 is 11.8. The molecule has 0 aromatic carbocycles. The van der Waals surface area contributed by atoms with Crippen LogP contribution in [0.1, 0.15) is 29.3 Å². The number of pyridine rings is 2. The average Bonchev–Trinajstić information content (AvgIpc) is 3.24. The van der Waals surface area contributed by atoms with E-state index < -0.39 is 0 Å². The predicted octanol–water partition coefficient (Wildman–Crippen LogP) is 2.44. The predicted molar refractivity (Wildman–Crippen MR) is 133 cm³/mol. The van der Waals surface area contributed by atoms with E-state index in [2.05, 4.69) is 38.8 Å². The van der Waals surface area contributed by atoms with E-state index in [1.54, 1.807) is 0 Å². The van der Waals surface area contributed by atoms with E-state index in [1.165, 1.54) is 6.08 Å². The third-order valence-corrected chi connectivity index (χ3v) is 7.66. The van der Waals surface area contributed by atoms with Gasteiger partial charge >= 0.3 is 0 Å². The lowest BCUT2D eigenvalue weighted by Crippen LogP contribution is -2.60. The lowest BCUT2D eigenvalue weighted by Gasteiger charge is -2.43. The van der Waals surface area contributed by atoms with Crippen LogP contribution in [0, 0.1) is 6.92 Å². The fourth-order valence-electron chi connectivity index (χ4n) is 5.63. The van der Waals surface area contributed by atoms with Gasteiger partial charge < -0.3 is 24.6 Å². The van der Waals surface area contributed by atoms with Crippen LogP contribution in [0.5, 0.6) is 5.75 Å². The van der Waals surface area contributed by atoms with Crippen molar-refractivity contribution in [1.29, 1.82) is 0 Å². The van der Waals surface area contributed by atoms with Crippen molar-refractivity contribution in [1.82, 2.24) is 19.8 Å². The summed E-state index contributed by atoms with van der Waals surface area (Å²) in [6.45, 7) is 12.8. The van der Waals surface area contributed by atoms with Crippen molar-refractivity contribution < 1.29 is 14.3 Å². The van der Waals surface area contributed by atoms with E-state index >= 15 is 0 Å². The highest BCUT2D eigenvalue weighted by atomic mass is 16.5. The molecule has 2 aromatic heterocycles. The molecule has 3 fully saturated rings. The molecule has 9 nitrogen and oxygen atoms in total. The molecule has 1 N–H and O–H groups in total. The van der Waals surface area contributed by atoms with Gasteiger partial charge in [0.15, 0.2) is 5.75 Å². The van der Waals surface area contributed by atoms with Gasteiger partial charge in [0.2, 0.25) is 5.91 Å². The molecule has 35 heavy (non-hydrogen) atoms. The molecule has 6 heterocycles. The maximum absolute atomic E-state index is 11.8. The normalized spacial score (nSPS) is 22.4. The number of hydrogen-bond acceptors (Lipinski definition) is 8. The van der Waals surface area contributed by atoms with Gasteiger partial charge in [0.1, 0.15) is 12.4 Å². The van der Waals surface area contributed by atoms with Gasteiger partial charge in [0, 0.05) is 62.3 Å². The van der Waals surface area contributed by atoms with Crippen LogP contribution in [0.3, 0.4) is 0 Å². The Morgan fingerprint density at radius 1 is 1.23 bits per heavy atom. The van der Waals surface area contributed by atoms with E-state index in [9.17, 15) is 4.79 Å². The van der Waals surface area contributed by atoms with Crippen LogP contribution in [0.15, 0.2) is 31.0 Å². The van der Waals surface area contributed by atoms with Gasteiger partial charge in [0.05, 0.1) is 30.2 Å². The number of fused-ring (bicyclic) bond motifs is 2. The van der Waals surface area contributed by atoms with Gasteiger partial charge in [-0.1, -0.05) is 6.58 Å². The van der Waals surface area contributed by atoms with Crippen LogP contribution in [-0.2, 0) is 16.1 Å². The zero-order valence-electron chi connectivity index (χ0n) is 20.2. The minimum Gasteiger partial charge on any atom is -0.485 e. The Morgan fingerprint density at radius 2 is 2.06 bits per heavy atom. The number of carbonyl (C=O) groups is 1. The summed E-state index contributed by atoms with van der Waals surface area (Å²) in [6.07, 6.45) is 4.33. The molecule has 0 radical (unpaired) electrons. The van der Waals surface area contributed by atoms with E-state index in [1.807, 2.05) is 18.0 Å². The molecule has 2 aromatic rings. The van der Waals surface area contributed by atoms with Crippen molar-refractivity contribution in [2.45, 2.75) is 31.9 Å². The van der Waals surface area contributed by atoms with Crippen molar-refractivity contribution >= 4 is 23.1 Å². The Hall–Kier alpha value is -3.17. The molecular formula is C26H32N6O3. The second-order valence-electron chi connectivity index (χ2n) is 9.76. The number of ether oxygens (including phenoxy) is 2. The van der Waals surface area contributed by atoms with E-state index in [-0.39, 0.29) is 5.91 Å². The van der Waals surface area contributed by atoms with Crippen LogP contribution in [-0.4, -0.2) is 84.2 Å². The molecule has 1 amide bonds. The van der Waals surface area contributed by atoms with Crippen LogP contribution < -0.4 is 15.0 Å². The smallest absolute Gasteiger partial charge is 0.246 e. The Labute approximate surface area is 205 Å². The highest BCUT2D eigenvalue weighted by Gasteiger charge is 2.38. The van der Waals surface area contributed by atoms with Crippen molar-refractivity contribution in [3.05, 3.63) is 47.9 Å². The van der Waals surface area contributed by atoms with E-state index in [0.29, 0.717) is 18.6 Å². The molecule has 0 spiro atoms. The Kier molecular flexibility index (Phi) is 5.82. The second kappa shape index (κ2) is 9.13. The topological polar surface area (TPSA) is 83.1 Å². The number of amides is 1. The highest BCUT2D eigenvalue weighted by Crippen LogP contribution is 2.40. The quantitative estimate of drug-likeness (QED) is 0.674. The first-order valence-electron chi connectivity index (χ1n) is 12.5. The third kappa shape index (κ3) is 4.12. The molecule has 0 bridgehead atoms. The first kappa shape index (κ1) is 22.3. The molecule has 1 atom stereocenters. The van der Waals surface area contributed by atoms with Crippen LogP contribution in [0.2, 0.25) is 0 Å². The maximum atomic E-state index is 11.8. The summed E-state index contributed by atoms with van der Waals surface area (Å²) in [6, 6.07) is 4.64. The molecule has 184 valence electrons. The number of aryl methyl sites for hydroxylation is 1. The molecule has 0 aliphatic carbocycles. The zero-order chi connectivity index (χ0) is 23.9. The molecule has 1 unspecified atom stereocenters. The molecule has 6 rings (SSSR count). The minimum absolute atomic E-state index is 0.0248. The van der Waals surface area contributed by atoms with Crippen LogP contribution >= 0.6 is 0 Å². The zero-order valence-corrected chi connectivity index (χ0v) is 20.2. The summed E-state index contributed by atoms with van der Waals surface area (Å²) in [5.74, 6) is 2.03. The first-order chi connectivity index (χ1) is 17.1. The van der Waals surface area contributed by atoms with E-state index in [4.69, 9.17) is 14.5 Å². The van der Waals surface area contributed by atoms with Gasteiger partial charge in [-0.2, -0.15) is 0 Å². The fraction of sp³-hybridized carbons (Fsp3) is 0.500. The number of carbonyl (C=O) groups excluding carboxylic acids is 1. The Balaban J connectivity index is 1.20. The summed E-state index contributed by atoms with van der Waals surface area (Å²) in [5, 5.41) is 3.57. The van der Waals surface area contributed by atoms with Crippen molar-refractivity contribution in [2.24, 2.45) is 0 Å². The standard InChI is InChI=1S/C26H32N6O3/c1-3-24(33)32-14-19(15-32)31-7-5-18(13-31)21-12-22-25(17(2)28-21)35-16-20-23(4-6-27-26(20)29-22)30-8-10-34-11-9-30/h3-4,6,12,18-19H,1,5,7-11,13-16H2,2H3,(H,27,29).